The van der Waals surface area contributed by atoms with Crippen molar-refractivity contribution in [2.75, 3.05) is 20.6 Å². The molecule has 0 aliphatic heterocycles. The van der Waals surface area contributed by atoms with E-state index >= 15 is 0 Å². The lowest BCUT2D eigenvalue weighted by Crippen LogP contribution is -2.26. The van der Waals surface area contributed by atoms with Gasteiger partial charge in [-0.25, -0.2) is 0 Å². The molecule has 0 aromatic heterocycles. The largest absolute Gasteiger partial charge is 0.328 e. The van der Waals surface area contributed by atoms with E-state index < -0.39 is 0 Å². The van der Waals surface area contributed by atoms with E-state index in [4.69, 9.17) is 5.73 Å². The Hall–Kier alpha value is -0.0800. The predicted molar refractivity (Wildman–Crippen MR) is 78.4 cm³/mol. The minimum atomic E-state index is 0.414. The Morgan fingerprint density at radius 2 is 1.35 bits per heavy atom. The summed E-state index contributed by atoms with van der Waals surface area (Å²) in [4.78, 5) is 2.22. The summed E-state index contributed by atoms with van der Waals surface area (Å²) >= 11 is 0. The highest BCUT2D eigenvalue weighted by Gasteiger charge is 2.02. The van der Waals surface area contributed by atoms with Crippen LogP contribution in [0.4, 0.5) is 0 Å². The second-order valence-electron chi connectivity index (χ2n) is 5.62. The molecular weight excluding hydrogens is 208 g/mol. The first-order valence-electron chi connectivity index (χ1n) is 7.57. The summed E-state index contributed by atoms with van der Waals surface area (Å²) in [5, 5.41) is 0. The number of unbranched alkanes of at least 4 members (excludes halogenated alkanes) is 7. The highest BCUT2D eigenvalue weighted by molar-refractivity contribution is 4.63. The van der Waals surface area contributed by atoms with Crippen molar-refractivity contribution in [3.8, 4) is 0 Å². The fraction of sp³-hybridized carbons (Fsp3) is 1.00. The van der Waals surface area contributed by atoms with E-state index in [-0.39, 0.29) is 0 Å². The predicted octanol–water partition coefficient (Wildman–Crippen LogP) is 3.80. The van der Waals surface area contributed by atoms with Crippen LogP contribution in [0.25, 0.3) is 0 Å². The van der Waals surface area contributed by atoms with E-state index in [1.165, 1.54) is 57.8 Å². The molecule has 0 fully saturated rings. The van der Waals surface area contributed by atoms with Crippen LogP contribution in [0.2, 0.25) is 0 Å². The molecule has 1 unspecified atom stereocenters. The Morgan fingerprint density at radius 1 is 0.824 bits per heavy atom. The van der Waals surface area contributed by atoms with Crippen molar-refractivity contribution in [1.82, 2.24) is 4.90 Å². The van der Waals surface area contributed by atoms with Crippen molar-refractivity contribution in [2.24, 2.45) is 5.73 Å². The van der Waals surface area contributed by atoms with Gasteiger partial charge in [-0.05, 0) is 33.5 Å². The van der Waals surface area contributed by atoms with Crippen molar-refractivity contribution >= 4 is 0 Å². The van der Waals surface area contributed by atoms with Crippen LogP contribution in [0, 0.1) is 0 Å². The molecule has 2 heteroatoms. The first kappa shape index (κ1) is 16.9. The fourth-order valence-corrected chi connectivity index (χ4v) is 2.11. The third-order valence-electron chi connectivity index (χ3n) is 3.38. The molecule has 0 aliphatic carbocycles. The van der Waals surface area contributed by atoms with Gasteiger partial charge in [0.15, 0.2) is 0 Å². The van der Waals surface area contributed by atoms with Crippen LogP contribution < -0.4 is 5.73 Å². The molecule has 0 amide bonds. The van der Waals surface area contributed by atoms with Crippen molar-refractivity contribution in [2.45, 2.75) is 77.2 Å². The lowest BCUT2D eigenvalue weighted by molar-refractivity contribution is 0.370. The van der Waals surface area contributed by atoms with Crippen LogP contribution in [-0.4, -0.2) is 31.6 Å². The minimum Gasteiger partial charge on any atom is -0.328 e. The highest BCUT2D eigenvalue weighted by atomic mass is 15.0. The second-order valence-corrected chi connectivity index (χ2v) is 5.62. The lowest BCUT2D eigenvalue weighted by Gasteiger charge is -2.14. The van der Waals surface area contributed by atoms with E-state index in [1.807, 2.05) is 0 Å². The molecule has 0 aromatic carbocycles. The average molecular weight is 242 g/mol. The smallest absolute Gasteiger partial charge is 0.00509 e. The van der Waals surface area contributed by atoms with Gasteiger partial charge in [-0.3, -0.25) is 0 Å². The fourth-order valence-electron chi connectivity index (χ4n) is 2.11. The normalized spacial score (nSPS) is 13.2. The van der Waals surface area contributed by atoms with Gasteiger partial charge in [0.2, 0.25) is 0 Å². The van der Waals surface area contributed by atoms with Crippen LogP contribution in [0.5, 0.6) is 0 Å². The summed E-state index contributed by atoms with van der Waals surface area (Å²) in [6.45, 7) is 3.40. The maximum absolute atomic E-state index is 6.08. The zero-order valence-electron chi connectivity index (χ0n) is 12.4. The first-order chi connectivity index (χ1) is 8.16. The van der Waals surface area contributed by atoms with Gasteiger partial charge in [0.25, 0.3) is 0 Å². The van der Waals surface area contributed by atoms with Gasteiger partial charge in [-0.2, -0.15) is 0 Å². The molecule has 2 nitrogen and oxygen atoms in total. The van der Waals surface area contributed by atoms with E-state index in [9.17, 15) is 0 Å². The van der Waals surface area contributed by atoms with E-state index in [1.54, 1.807) is 0 Å². The number of hydrogen-bond acceptors (Lipinski definition) is 2. The molecule has 0 saturated heterocycles. The zero-order chi connectivity index (χ0) is 12.9. The van der Waals surface area contributed by atoms with Crippen LogP contribution >= 0.6 is 0 Å². The quantitative estimate of drug-likeness (QED) is 0.528. The van der Waals surface area contributed by atoms with E-state index in [0.717, 1.165) is 13.0 Å². The molecule has 0 radical (unpaired) electrons. The Bertz CT molecular complexity index is 146. The van der Waals surface area contributed by atoms with Crippen molar-refractivity contribution in [3.63, 3.8) is 0 Å². The topological polar surface area (TPSA) is 29.3 Å². The summed E-state index contributed by atoms with van der Waals surface area (Å²) in [6.07, 6.45) is 13.5. The molecule has 2 N–H and O–H groups in total. The third kappa shape index (κ3) is 13.9. The van der Waals surface area contributed by atoms with Crippen molar-refractivity contribution in [3.05, 3.63) is 0 Å². The number of hydrogen-bond donors (Lipinski definition) is 1. The lowest BCUT2D eigenvalue weighted by atomic mass is 10.0. The summed E-state index contributed by atoms with van der Waals surface area (Å²) < 4.78 is 0. The zero-order valence-corrected chi connectivity index (χ0v) is 12.4. The Kier molecular flexibility index (Phi) is 12.3. The molecular formula is C15H34N2. The standard InChI is InChI=1S/C15H34N2/c1-4-5-6-7-8-9-10-11-12-15(16)13-14-17(2)3/h15H,4-14,16H2,1-3H3. The van der Waals surface area contributed by atoms with Crippen molar-refractivity contribution < 1.29 is 0 Å². The Balaban J connectivity index is 3.11. The SMILES string of the molecule is CCCCCCCCCCC(N)CCN(C)C. The first-order valence-corrected chi connectivity index (χ1v) is 7.57. The molecule has 104 valence electrons. The number of rotatable bonds is 12. The molecule has 0 saturated carbocycles. The highest BCUT2D eigenvalue weighted by Crippen LogP contribution is 2.10. The van der Waals surface area contributed by atoms with Gasteiger partial charge in [-0.15, -0.1) is 0 Å². The molecule has 0 spiro atoms. The summed E-state index contributed by atoms with van der Waals surface area (Å²) in [7, 11) is 4.23. The van der Waals surface area contributed by atoms with Crippen molar-refractivity contribution in [1.29, 1.82) is 0 Å². The van der Waals surface area contributed by atoms with Gasteiger partial charge in [0.1, 0.15) is 0 Å². The second kappa shape index (κ2) is 12.4. The third-order valence-corrected chi connectivity index (χ3v) is 3.38. The van der Waals surface area contributed by atoms with Crippen LogP contribution in [0.3, 0.4) is 0 Å². The Labute approximate surface area is 109 Å². The van der Waals surface area contributed by atoms with Crippen LogP contribution in [0.1, 0.15) is 71.1 Å². The molecule has 0 rings (SSSR count). The molecule has 17 heavy (non-hydrogen) atoms. The minimum absolute atomic E-state index is 0.414. The molecule has 0 aromatic rings. The molecule has 0 heterocycles. The van der Waals surface area contributed by atoms with E-state index in [2.05, 4.69) is 25.9 Å². The number of nitrogens with two attached hydrogens (primary N) is 1. The summed E-state index contributed by atoms with van der Waals surface area (Å²) in [6, 6.07) is 0.414. The monoisotopic (exact) mass is 242 g/mol. The van der Waals surface area contributed by atoms with Gasteiger partial charge in [0, 0.05) is 6.04 Å². The van der Waals surface area contributed by atoms with Gasteiger partial charge < -0.3 is 10.6 Å². The molecule has 0 aliphatic rings. The van der Waals surface area contributed by atoms with Gasteiger partial charge >= 0.3 is 0 Å². The van der Waals surface area contributed by atoms with Crippen LogP contribution in [-0.2, 0) is 0 Å². The molecule has 1 atom stereocenters. The summed E-state index contributed by atoms with van der Waals surface area (Å²) in [5.74, 6) is 0. The maximum Gasteiger partial charge on any atom is 0.00509 e. The van der Waals surface area contributed by atoms with E-state index in [0.29, 0.717) is 6.04 Å². The number of nitrogens with zero attached hydrogens (tertiary/aromatic N) is 1. The van der Waals surface area contributed by atoms with Gasteiger partial charge in [-0.1, -0.05) is 58.3 Å². The average Bonchev–Trinajstić information content (AvgIpc) is 2.30. The maximum atomic E-state index is 6.08. The van der Waals surface area contributed by atoms with Crippen LogP contribution in [0.15, 0.2) is 0 Å². The Morgan fingerprint density at radius 3 is 1.88 bits per heavy atom. The van der Waals surface area contributed by atoms with Gasteiger partial charge in [0.05, 0.1) is 0 Å². The molecule has 0 bridgehead atoms. The summed E-state index contributed by atoms with van der Waals surface area (Å²) in [5.41, 5.74) is 6.08.